The normalized spacial score (nSPS) is 19.5. The van der Waals surface area contributed by atoms with Crippen LogP contribution >= 0.6 is 0 Å². The topological polar surface area (TPSA) is 63.5 Å². The fourth-order valence-electron chi connectivity index (χ4n) is 3.89. The van der Waals surface area contributed by atoms with E-state index in [1.807, 2.05) is 17.2 Å². The molecule has 2 aliphatic heterocycles. The monoisotopic (exact) mass is 355 g/mol. The Labute approximate surface area is 153 Å². The summed E-state index contributed by atoms with van der Waals surface area (Å²) in [4.78, 5) is 21.2. The number of amides is 1. The zero-order valence-electron chi connectivity index (χ0n) is 15.2. The van der Waals surface area contributed by atoms with Crippen LogP contribution in [0.2, 0.25) is 0 Å². The third-order valence-corrected chi connectivity index (χ3v) is 5.07. The second-order valence-corrected chi connectivity index (χ2v) is 7.26. The van der Waals surface area contributed by atoms with Crippen molar-refractivity contribution >= 4 is 5.91 Å². The van der Waals surface area contributed by atoms with Gasteiger partial charge in [0.05, 0.1) is 6.54 Å². The molecule has 2 aliphatic rings. The molecule has 0 aliphatic carbocycles. The maximum absolute atomic E-state index is 12.8. The first-order valence-corrected chi connectivity index (χ1v) is 9.26. The second kappa shape index (κ2) is 7.45. The van der Waals surface area contributed by atoms with Crippen molar-refractivity contribution in [3.8, 4) is 5.88 Å². The van der Waals surface area contributed by atoms with Crippen molar-refractivity contribution in [1.82, 2.24) is 24.6 Å². The van der Waals surface area contributed by atoms with E-state index in [4.69, 9.17) is 4.74 Å². The largest absolute Gasteiger partial charge is 0.476 e. The van der Waals surface area contributed by atoms with Crippen molar-refractivity contribution in [3.63, 3.8) is 0 Å². The summed E-state index contributed by atoms with van der Waals surface area (Å²) in [6, 6.07) is 5.84. The Morgan fingerprint density at radius 2 is 2.35 bits per heavy atom. The average Bonchev–Trinajstić information content (AvgIpc) is 3.24. The van der Waals surface area contributed by atoms with Gasteiger partial charge in [-0.2, -0.15) is 5.10 Å². The lowest BCUT2D eigenvalue weighted by Gasteiger charge is -2.34. The number of pyridine rings is 1. The number of carbonyl (C=O) groups excluding carboxylic acids is 1. The van der Waals surface area contributed by atoms with Gasteiger partial charge in [0.25, 0.3) is 5.91 Å². The van der Waals surface area contributed by atoms with Gasteiger partial charge in [-0.05, 0) is 37.4 Å². The molecule has 0 spiro atoms. The Bertz CT molecular complexity index is 739. The lowest BCUT2D eigenvalue weighted by molar-refractivity contribution is 0.0639. The van der Waals surface area contributed by atoms with Gasteiger partial charge in [0.15, 0.2) is 5.69 Å². The number of piperidine rings is 1. The lowest BCUT2D eigenvalue weighted by Crippen LogP contribution is -2.43. The van der Waals surface area contributed by atoms with Gasteiger partial charge in [-0.3, -0.25) is 9.78 Å². The van der Waals surface area contributed by atoms with Crippen molar-refractivity contribution < 1.29 is 9.53 Å². The van der Waals surface area contributed by atoms with Crippen molar-refractivity contribution in [3.05, 3.63) is 41.9 Å². The fraction of sp³-hybridized carbons (Fsp3) is 0.526. The second-order valence-electron chi connectivity index (χ2n) is 7.26. The average molecular weight is 355 g/mol. The van der Waals surface area contributed by atoms with Crippen LogP contribution < -0.4 is 4.74 Å². The van der Waals surface area contributed by atoms with Crippen LogP contribution in [0.15, 0.2) is 30.6 Å². The van der Waals surface area contributed by atoms with E-state index in [0.717, 1.165) is 45.6 Å². The van der Waals surface area contributed by atoms with Gasteiger partial charge in [-0.1, -0.05) is 6.07 Å². The molecule has 138 valence electrons. The first-order valence-electron chi connectivity index (χ1n) is 9.26. The molecule has 1 unspecified atom stereocenters. The van der Waals surface area contributed by atoms with Gasteiger partial charge >= 0.3 is 0 Å². The molecule has 7 heteroatoms. The molecule has 0 saturated carbocycles. The molecule has 0 N–H and O–H groups in total. The van der Waals surface area contributed by atoms with Crippen molar-refractivity contribution in [2.24, 2.45) is 5.92 Å². The van der Waals surface area contributed by atoms with Crippen LogP contribution in [0.1, 0.15) is 28.9 Å². The first-order chi connectivity index (χ1) is 12.7. The van der Waals surface area contributed by atoms with Gasteiger partial charge in [0, 0.05) is 44.6 Å². The molecule has 1 atom stereocenters. The van der Waals surface area contributed by atoms with Gasteiger partial charge in [-0.15, -0.1) is 0 Å². The third-order valence-electron chi connectivity index (χ3n) is 5.07. The summed E-state index contributed by atoms with van der Waals surface area (Å²) in [6.07, 6.45) is 5.91. The van der Waals surface area contributed by atoms with Crippen LogP contribution in [0, 0.1) is 5.92 Å². The molecule has 1 saturated heterocycles. The van der Waals surface area contributed by atoms with E-state index in [1.165, 1.54) is 5.56 Å². The Morgan fingerprint density at radius 3 is 3.15 bits per heavy atom. The van der Waals surface area contributed by atoms with Crippen molar-refractivity contribution in [1.29, 1.82) is 0 Å². The van der Waals surface area contributed by atoms with E-state index in [2.05, 4.69) is 28.1 Å². The zero-order chi connectivity index (χ0) is 17.9. The molecule has 2 aromatic heterocycles. The summed E-state index contributed by atoms with van der Waals surface area (Å²) in [5.74, 6) is 1.22. The first kappa shape index (κ1) is 17.0. The number of hydrogen-bond donors (Lipinski definition) is 0. The highest BCUT2D eigenvalue weighted by molar-refractivity contribution is 5.92. The van der Waals surface area contributed by atoms with Crippen LogP contribution in [0.5, 0.6) is 5.88 Å². The molecule has 2 aromatic rings. The summed E-state index contributed by atoms with van der Waals surface area (Å²) < 4.78 is 7.24. The Hall–Kier alpha value is -2.41. The van der Waals surface area contributed by atoms with E-state index in [-0.39, 0.29) is 5.91 Å². The van der Waals surface area contributed by atoms with E-state index >= 15 is 0 Å². The summed E-state index contributed by atoms with van der Waals surface area (Å²) in [5.41, 5.74) is 1.72. The van der Waals surface area contributed by atoms with Crippen LogP contribution in [0.3, 0.4) is 0 Å². The molecule has 7 nitrogen and oxygen atoms in total. The van der Waals surface area contributed by atoms with Crippen LogP contribution in [0.4, 0.5) is 0 Å². The third kappa shape index (κ3) is 3.72. The van der Waals surface area contributed by atoms with Crippen LogP contribution in [0.25, 0.3) is 0 Å². The predicted octanol–water partition coefficient (Wildman–Crippen LogP) is 1.65. The number of aromatic nitrogens is 3. The SMILES string of the molecule is CN(Cc1cccnc1)CC1CCCN(C(=O)c2cc3n(n2)CCO3)C1. The Kier molecular flexibility index (Phi) is 4.88. The number of rotatable bonds is 5. The Morgan fingerprint density at radius 1 is 1.42 bits per heavy atom. The minimum absolute atomic E-state index is 0.0233. The highest BCUT2D eigenvalue weighted by Crippen LogP contribution is 2.23. The molecule has 4 rings (SSSR count). The quantitative estimate of drug-likeness (QED) is 0.816. The van der Waals surface area contributed by atoms with E-state index in [1.54, 1.807) is 16.9 Å². The van der Waals surface area contributed by atoms with Gasteiger partial charge < -0.3 is 14.5 Å². The highest BCUT2D eigenvalue weighted by atomic mass is 16.5. The number of likely N-dealkylation sites (tertiary alicyclic amines) is 1. The molecular weight excluding hydrogens is 330 g/mol. The predicted molar refractivity (Wildman–Crippen MR) is 96.9 cm³/mol. The molecule has 1 amide bonds. The van der Waals surface area contributed by atoms with Crippen LogP contribution in [-0.2, 0) is 13.1 Å². The summed E-state index contributed by atoms with van der Waals surface area (Å²) in [5, 5.41) is 4.39. The van der Waals surface area contributed by atoms with Gasteiger partial charge in [-0.25, -0.2) is 4.68 Å². The Balaban J connectivity index is 1.34. The van der Waals surface area contributed by atoms with E-state index < -0.39 is 0 Å². The highest BCUT2D eigenvalue weighted by Gasteiger charge is 2.28. The number of hydrogen-bond acceptors (Lipinski definition) is 5. The van der Waals surface area contributed by atoms with Gasteiger partial charge in [0.2, 0.25) is 5.88 Å². The number of fused-ring (bicyclic) bond motifs is 1. The maximum atomic E-state index is 12.8. The molecule has 0 aromatic carbocycles. The molecule has 26 heavy (non-hydrogen) atoms. The van der Waals surface area contributed by atoms with Crippen molar-refractivity contribution in [2.45, 2.75) is 25.9 Å². The molecule has 0 radical (unpaired) electrons. The summed E-state index contributed by atoms with van der Waals surface area (Å²) >= 11 is 0. The maximum Gasteiger partial charge on any atom is 0.274 e. The molecule has 1 fully saturated rings. The van der Waals surface area contributed by atoms with Crippen LogP contribution in [-0.4, -0.2) is 63.8 Å². The lowest BCUT2D eigenvalue weighted by atomic mass is 9.97. The number of carbonyl (C=O) groups is 1. The minimum Gasteiger partial charge on any atom is -0.476 e. The molecule has 4 heterocycles. The summed E-state index contributed by atoms with van der Waals surface area (Å²) in [6.45, 7) is 4.82. The fourth-order valence-corrected chi connectivity index (χ4v) is 3.89. The van der Waals surface area contributed by atoms with E-state index in [9.17, 15) is 4.79 Å². The molecular formula is C19H25N5O2. The van der Waals surface area contributed by atoms with Gasteiger partial charge in [0.1, 0.15) is 6.61 Å². The number of ether oxygens (including phenoxy) is 1. The smallest absolute Gasteiger partial charge is 0.274 e. The summed E-state index contributed by atoms with van der Waals surface area (Å²) in [7, 11) is 2.13. The minimum atomic E-state index is 0.0233. The molecule has 0 bridgehead atoms. The zero-order valence-corrected chi connectivity index (χ0v) is 15.2. The van der Waals surface area contributed by atoms with E-state index in [0.29, 0.717) is 24.1 Å². The standard InChI is InChI=1S/C19H25N5O2/c1-22(12-15-4-2-6-20-11-15)13-16-5-3-7-23(14-16)19(25)17-10-18-24(21-17)8-9-26-18/h2,4,6,10-11,16H,3,5,7-9,12-14H2,1H3. The number of nitrogens with zero attached hydrogens (tertiary/aromatic N) is 5. The van der Waals surface area contributed by atoms with Crippen molar-refractivity contribution in [2.75, 3.05) is 33.3 Å².